The second-order valence-electron chi connectivity index (χ2n) is 4.75. The van der Waals surface area contributed by atoms with Crippen molar-refractivity contribution in [2.75, 3.05) is 0 Å². The van der Waals surface area contributed by atoms with Gasteiger partial charge < -0.3 is 9.72 Å². The Kier molecular flexibility index (Phi) is 2.61. The van der Waals surface area contributed by atoms with E-state index in [2.05, 4.69) is 9.97 Å². The van der Waals surface area contributed by atoms with Crippen LogP contribution >= 0.6 is 0 Å². The van der Waals surface area contributed by atoms with Crippen LogP contribution in [0.2, 0.25) is 0 Å². The lowest BCUT2D eigenvalue weighted by atomic mass is 10.1. The van der Waals surface area contributed by atoms with E-state index >= 15 is 0 Å². The number of H-pyrrole nitrogens is 1. The maximum absolute atomic E-state index is 13.4. The number of hydrogen-bond donors (Lipinski definition) is 1. The summed E-state index contributed by atoms with van der Waals surface area (Å²) in [6, 6.07) is 0. The molecule has 5 heteroatoms. The largest absolute Gasteiger partial charge is 0.456 e. The third kappa shape index (κ3) is 2.27. The summed E-state index contributed by atoms with van der Waals surface area (Å²) < 4.78 is 18.6. The summed E-state index contributed by atoms with van der Waals surface area (Å²) in [5, 5.41) is 0.430. The van der Waals surface area contributed by atoms with Crippen molar-refractivity contribution in [3.05, 3.63) is 30.0 Å². The van der Waals surface area contributed by atoms with E-state index in [9.17, 15) is 9.18 Å². The van der Waals surface area contributed by atoms with E-state index in [1.165, 1.54) is 12.4 Å². The first-order valence-corrected chi connectivity index (χ1v) is 5.22. The normalized spacial score (nSPS) is 11.8. The van der Waals surface area contributed by atoms with Crippen LogP contribution in [0.1, 0.15) is 31.1 Å². The first-order valence-electron chi connectivity index (χ1n) is 5.22. The summed E-state index contributed by atoms with van der Waals surface area (Å²) in [5.74, 6) is -0.978. The SMILES string of the molecule is CC(C)(C)OC(=O)c1c[nH]c2c(F)cncc12. The number of aromatic nitrogens is 2. The molecule has 0 saturated carbocycles. The molecule has 0 aliphatic rings. The van der Waals surface area contributed by atoms with Crippen LogP contribution in [0.5, 0.6) is 0 Å². The quantitative estimate of drug-likeness (QED) is 0.774. The highest BCUT2D eigenvalue weighted by Crippen LogP contribution is 2.22. The first-order chi connectivity index (χ1) is 7.88. The highest BCUT2D eigenvalue weighted by atomic mass is 19.1. The van der Waals surface area contributed by atoms with Gasteiger partial charge in [0.2, 0.25) is 0 Å². The number of halogens is 1. The lowest BCUT2D eigenvalue weighted by molar-refractivity contribution is 0.00719. The van der Waals surface area contributed by atoms with E-state index in [0.717, 1.165) is 6.20 Å². The highest BCUT2D eigenvalue weighted by Gasteiger charge is 2.21. The van der Waals surface area contributed by atoms with Gasteiger partial charge in [-0.3, -0.25) is 4.98 Å². The third-order valence-corrected chi connectivity index (χ3v) is 2.17. The second kappa shape index (κ2) is 3.84. The topological polar surface area (TPSA) is 55.0 Å². The van der Waals surface area contributed by atoms with Crippen molar-refractivity contribution in [1.29, 1.82) is 0 Å². The molecule has 4 nitrogen and oxygen atoms in total. The number of nitrogens with zero attached hydrogens (tertiary/aromatic N) is 1. The fourth-order valence-corrected chi connectivity index (χ4v) is 1.51. The predicted octanol–water partition coefficient (Wildman–Crippen LogP) is 2.66. The Balaban J connectivity index is 2.43. The number of fused-ring (bicyclic) bond motifs is 1. The van der Waals surface area contributed by atoms with Crippen molar-refractivity contribution in [3.63, 3.8) is 0 Å². The van der Waals surface area contributed by atoms with E-state index in [1.54, 1.807) is 20.8 Å². The van der Waals surface area contributed by atoms with Crippen LogP contribution in [0.3, 0.4) is 0 Å². The number of esters is 1. The van der Waals surface area contributed by atoms with Gasteiger partial charge in [0.25, 0.3) is 0 Å². The number of rotatable bonds is 1. The van der Waals surface area contributed by atoms with Gasteiger partial charge in [-0.2, -0.15) is 0 Å². The number of carbonyl (C=O) groups is 1. The maximum Gasteiger partial charge on any atom is 0.340 e. The maximum atomic E-state index is 13.4. The smallest absolute Gasteiger partial charge is 0.340 e. The molecule has 0 fully saturated rings. The molecule has 0 saturated heterocycles. The van der Waals surface area contributed by atoms with E-state index < -0.39 is 17.4 Å². The number of carbonyl (C=O) groups excluding carboxylic acids is 1. The van der Waals surface area contributed by atoms with Crippen LogP contribution in [-0.2, 0) is 4.74 Å². The van der Waals surface area contributed by atoms with E-state index in [-0.39, 0.29) is 5.52 Å². The molecule has 0 aliphatic heterocycles. The van der Waals surface area contributed by atoms with Crippen molar-refractivity contribution < 1.29 is 13.9 Å². The lowest BCUT2D eigenvalue weighted by Crippen LogP contribution is -2.23. The minimum Gasteiger partial charge on any atom is -0.456 e. The van der Waals surface area contributed by atoms with Gasteiger partial charge in [0.05, 0.1) is 17.3 Å². The zero-order chi connectivity index (χ0) is 12.6. The van der Waals surface area contributed by atoms with Gasteiger partial charge in [0, 0.05) is 17.8 Å². The van der Waals surface area contributed by atoms with Gasteiger partial charge >= 0.3 is 5.97 Å². The Morgan fingerprint density at radius 1 is 1.41 bits per heavy atom. The summed E-state index contributed by atoms with van der Waals surface area (Å²) in [6.07, 6.45) is 3.97. The molecule has 0 aliphatic carbocycles. The highest BCUT2D eigenvalue weighted by molar-refractivity contribution is 6.03. The number of nitrogens with one attached hydrogen (secondary N) is 1. The zero-order valence-electron chi connectivity index (χ0n) is 9.87. The van der Waals surface area contributed by atoms with E-state index in [1.807, 2.05) is 0 Å². The van der Waals surface area contributed by atoms with Crippen LogP contribution in [0, 0.1) is 5.82 Å². The number of hydrogen-bond acceptors (Lipinski definition) is 3. The van der Waals surface area contributed by atoms with Crippen LogP contribution in [0.4, 0.5) is 4.39 Å². The first kappa shape index (κ1) is 11.6. The summed E-state index contributed by atoms with van der Waals surface area (Å²) in [4.78, 5) is 18.3. The van der Waals surface area contributed by atoms with E-state index in [0.29, 0.717) is 10.9 Å². The lowest BCUT2D eigenvalue weighted by Gasteiger charge is -2.19. The summed E-state index contributed by atoms with van der Waals surface area (Å²) in [6.45, 7) is 5.33. The molecule has 0 spiro atoms. The molecule has 2 heterocycles. The predicted molar refractivity (Wildman–Crippen MR) is 61.2 cm³/mol. The molecule has 2 aromatic rings. The molecular weight excluding hydrogens is 223 g/mol. The van der Waals surface area contributed by atoms with Crippen molar-refractivity contribution in [3.8, 4) is 0 Å². The van der Waals surface area contributed by atoms with Gasteiger partial charge in [-0.25, -0.2) is 9.18 Å². The Morgan fingerprint density at radius 2 is 2.12 bits per heavy atom. The van der Waals surface area contributed by atoms with Crippen molar-refractivity contribution in [2.45, 2.75) is 26.4 Å². The van der Waals surface area contributed by atoms with Crippen LogP contribution in [0.25, 0.3) is 10.9 Å². The number of aromatic amines is 1. The Bertz CT molecular complexity index is 569. The average Bonchev–Trinajstić information content (AvgIpc) is 2.60. The molecule has 90 valence electrons. The fourth-order valence-electron chi connectivity index (χ4n) is 1.51. The molecule has 0 aromatic carbocycles. The standard InChI is InChI=1S/C12H13FN2O2/c1-12(2,3)17-11(16)8-5-15-10-7(8)4-14-6-9(10)13/h4-6,15H,1-3H3. The monoisotopic (exact) mass is 236 g/mol. The Labute approximate surface area is 97.8 Å². The Morgan fingerprint density at radius 3 is 2.76 bits per heavy atom. The third-order valence-electron chi connectivity index (χ3n) is 2.17. The summed E-state index contributed by atoms with van der Waals surface area (Å²) in [7, 11) is 0. The fraction of sp³-hybridized carbons (Fsp3) is 0.333. The van der Waals surface area contributed by atoms with Crippen molar-refractivity contribution in [2.24, 2.45) is 0 Å². The van der Waals surface area contributed by atoms with Crippen molar-refractivity contribution in [1.82, 2.24) is 9.97 Å². The molecule has 2 aromatic heterocycles. The van der Waals surface area contributed by atoms with Crippen LogP contribution in [-0.4, -0.2) is 21.5 Å². The Hall–Kier alpha value is -1.91. The molecule has 2 rings (SSSR count). The minimum atomic E-state index is -0.582. The molecule has 1 N–H and O–H groups in total. The summed E-state index contributed by atoms with van der Waals surface area (Å²) in [5.41, 5.74) is -0.0238. The van der Waals surface area contributed by atoms with E-state index in [4.69, 9.17) is 4.74 Å². The van der Waals surface area contributed by atoms with Gasteiger partial charge in [0.1, 0.15) is 5.60 Å². The van der Waals surface area contributed by atoms with Gasteiger partial charge in [-0.15, -0.1) is 0 Å². The molecule has 0 radical (unpaired) electrons. The molecule has 0 bridgehead atoms. The average molecular weight is 236 g/mol. The van der Waals surface area contributed by atoms with Gasteiger partial charge in [-0.1, -0.05) is 0 Å². The van der Waals surface area contributed by atoms with Crippen LogP contribution in [0.15, 0.2) is 18.6 Å². The van der Waals surface area contributed by atoms with Gasteiger partial charge in [-0.05, 0) is 20.8 Å². The van der Waals surface area contributed by atoms with Crippen molar-refractivity contribution >= 4 is 16.9 Å². The molecule has 0 unspecified atom stereocenters. The zero-order valence-corrected chi connectivity index (χ0v) is 9.87. The molecular formula is C12H13FN2O2. The minimum absolute atomic E-state index is 0.265. The molecule has 0 amide bonds. The number of ether oxygens (including phenoxy) is 1. The summed E-state index contributed by atoms with van der Waals surface area (Å²) >= 11 is 0. The number of pyridine rings is 1. The van der Waals surface area contributed by atoms with Crippen LogP contribution < -0.4 is 0 Å². The molecule has 0 atom stereocenters. The molecule has 17 heavy (non-hydrogen) atoms. The van der Waals surface area contributed by atoms with Gasteiger partial charge in [0.15, 0.2) is 5.82 Å². The second-order valence-corrected chi connectivity index (χ2v) is 4.75.